The van der Waals surface area contributed by atoms with Crippen molar-refractivity contribution in [1.82, 2.24) is 0 Å². The first-order chi connectivity index (χ1) is 7.77. The molecule has 2 N–H and O–H groups in total. The van der Waals surface area contributed by atoms with Crippen LogP contribution in [0.3, 0.4) is 0 Å². The highest BCUT2D eigenvalue weighted by Gasteiger charge is 2.08. The van der Waals surface area contributed by atoms with Gasteiger partial charge in [0.05, 0.1) is 5.69 Å². The van der Waals surface area contributed by atoms with E-state index in [2.05, 4.69) is 5.32 Å². The second kappa shape index (κ2) is 5.09. The number of halogens is 1. The molecule has 1 atom stereocenters. The first-order valence-corrected chi connectivity index (χ1v) is 5.85. The third kappa shape index (κ3) is 2.59. The molecule has 1 aromatic heterocycles. The van der Waals surface area contributed by atoms with Crippen LogP contribution in [0, 0.1) is 5.82 Å². The maximum atomic E-state index is 13.2. The Bertz CT molecular complexity index is 444. The van der Waals surface area contributed by atoms with Crippen LogP contribution in [-0.2, 0) is 0 Å². The van der Waals surface area contributed by atoms with E-state index in [1.54, 1.807) is 18.2 Å². The number of benzene rings is 1. The van der Waals surface area contributed by atoms with Gasteiger partial charge in [0.2, 0.25) is 0 Å². The van der Waals surface area contributed by atoms with Crippen molar-refractivity contribution in [3.63, 3.8) is 0 Å². The van der Waals surface area contributed by atoms with E-state index in [0.717, 1.165) is 4.88 Å². The van der Waals surface area contributed by atoms with Crippen molar-refractivity contribution in [3.8, 4) is 0 Å². The monoisotopic (exact) mass is 237 g/mol. The molecule has 2 aromatic rings. The maximum Gasteiger partial charge on any atom is 0.146 e. The number of nitrogens with one attached hydrogen (secondary N) is 1. The number of hydrogen-bond acceptors (Lipinski definition) is 3. The van der Waals surface area contributed by atoms with Crippen LogP contribution in [-0.4, -0.2) is 11.7 Å². The molecular weight excluding hydrogens is 225 g/mol. The highest BCUT2D eigenvalue weighted by Crippen LogP contribution is 2.20. The molecule has 0 radical (unpaired) electrons. The van der Waals surface area contributed by atoms with E-state index in [0.29, 0.717) is 12.2 Å². The third-order valence-electron chi connectivity index (χ3n) is 2.23. The van der Waals surface area contributed by atoms with E-state index in [1.807, 2.05) is 17.5 Å². The topological polar surface area (TPSA) is 32.3 Å². The summed E-state index contributed by atoms with van der Waals surface area (Å²) in [6.45, 7) is 0.307. The maximum absolute atomic E-state index is 13.2. The van der Waals surface area contributed by atoms with Crippen LogP contribution in [0.2, 0.25) is 0 Å². The highest BCUT2D eigenvalue weighted by molar-refractivity contribution is 7.10. The van der Waals surface area contributed by atoms with Crippen LogP contribution < -0.4 is 5.32 Å². The van der Waals surface area contributed by atoms with Gasteiger partial charge in [-0.15, -0.1) is 11.3 Å². The number of aliphatic hydroxyl groups excluding tert-OH is 1. The highest BCUT2D eigenvalue weighted by atomic mass is 32.1. The molecule has 0 saturated heterocycles. The Kier molecular flexibility index (Phi) is 3.54. The minimum atomic E-state index is -0.598. The summed E-state index contributed by atoms with van der Waals surface area (Å²) in [4.78, 5) is 0.879. The molecule has 1 aromatic carbocycles. The fourth-order valence-corrected chi connectivity index (χ4v) is 2.10. The van der Waals surface area contributed by atoms with E-state index in [-0.39, 0.29) is 5.82 Å². The van der Waals surface area contributed by atoms with E-state index in [4.69, 9.17) is 0 Å². The van der Waals surface area contributed by atoms with Crippen molar-refractivity contribution in [2.24, 2.45) is 0 Å². The molecule has 0 aliphatic rings. The third-order valence-corrected chi connectivity index (χ3v) is 3.20. The fourth-order valence-electron chi connectivity index (χ4n) is 1.39. The number of rotatable bonds is 4. The Labute approximate surface area is 97.4 Å². The average molecular weight is 237 g/mol. The van der Waals surface area contributed by atoms with E-state index in [1.165, 1.54) is 17.4 Å². The first kappa shape index (κ1) is 11.1. The Morgan fingerprint density at radius 1 is 1.25 bits per heavy atom. The Morgan fingerprint density at radius 3 is 2.75 bits per heavy atom. The molecule has 16 heavy (non-hydrogen) atoms. The zero-order valence-electron chi connectivity index (χ0n) is 8.56. The SMILES string of the molecule is OC(CNc1ccccc1F)c1cccs1. The molecule has 0 saturated carbocycles. The molecule has 1 heterocycles. The number of aliphatic hydroxyl groups is 1. The van der Waals surface area contributed by atoms with Crippen molar-refractivity contribution in [2.75, 3.05) is 11.9 Å². The molecule has 0 amide bonds. The smallest absolute Gasteiger partial charge is 0.146 e. The first-order valence-electron chi connectivity index (χ1n) is 4.97. The summed E-state index contributed by atoms with van der Waals surface area (Å²) >= 11 is 1.49. The number of anilines is 1. The van der Waals surface area contributed by atoms with Crippen LogP contribution in [0.5, 0.6) is 0 Å². The van der Waals surface area contributed by atoms with E-state index >= 15 is 0 Å². The normalized spacial score (nSPS) is 12.4. The molecule has 0 aliphatic carbocycles. The average Bonchev–Trinajstić information content (AvgIpc) is 2.81. The quantitative estimate of drug-likeness (QED) is 0.856. The van der Waals surface area contributed by atoms with Gasteiger partial charge >= 0.3 is 0 Å². The lowest BCUT2D eigenvalue weighted by Gasteiger charge is -2.11. The lowest BCUT2D eigenvalue weighted by Crippen LogP contribution is -2.11. The fraction of sp³-hybridized carbons (Fsp3) is 0.167. The van der Waals surface area contributed by atoms with Crippen LogP contribution >= 0.6 is 11.3 Å². The van der Waals surface area contributed by atoms with Crippen molar-refractivity contribution < 1.29 is 9.50 Å². The molecule has 4 heteroatoms. The van der Waals surface area contributed by atoms with Gasteiger partial charge in [0.15, 0.2) is 0 Å². The molecule has 2 nitrogen and oxygen atoms in total. The van der Waals surface area contributed by atoms with E-state index in [9.17, 15) is 9.50 Å². The molecule has 1 unspecified atom stereocenters. The van der Waals surface area contributed by atoms with Gasteiger partial charge < -0.3 is 10.4 Å². The summed E-state index contributed by atoms with van der Waals surface area (Å²) in [6, 6.07) is 10.2. The van der Waals surface area contributed by atoms with Gasteiger partial charge in [-0.3, -0.25) is 0 Å². The largest absolute Gasteiger partial charge is 0.386 e. The molecule has 0 bridgehead atoms. The standard InChI is InChI=1S/C12H12FNOS/c13-9-4-1-2-5-10(9)14-8-11(15)12-6-3-7-16-12/h1-7,11,14-15H,8H2. The van der Waals surface area contributed by atoms with Gasteiger partial charge in [-0.25, -0.2) is 4.39 Å². The van der Waals surface area contributed by atoms with Gasteiger partial charge in [-0.1, -0.05) is 18.2 Å². The summed E-state index contributed by atoms with van der Waals surface area (Å²) < 4.78 is 13.2. The lowest BCUT2D eigenvalue weighted by atomic mass is 10.2. The minimum absolute atomic E-state index is 0.305. The van der Waals surface area contributed by atoms with Crippen LogP contribution in [0.25, 0.3) is 0 Å². The number of thiophene rings is 1. The number of hydrogen-bond donors (Lipinski definition) is 2. The Hall–Kier alpha value is -1.39. The van der Waals surface area contributed by atoms with Gasteiger partial charge in [-0.05, 0) is 23.6 Å². The van der Waals surface area contributed by atoms with Crippen molar-refractivity contribution >= 4 is 17.0 Å². The summed E-state index contributed by atoms with van der Waals surface area (Å²) in [7, 11) is 0. The van der Waals surface area contributed by atoms with Crippen LogP contribution in [0.1, 0.15) is 11.0 Å². The Balaban J connectivity index is 1.95. The van der Waals surface area contributed by atoms with Gasteiger partial charge in [0.25, 0.3) is 0 Å². The van der Waals surface area contributed by atoms with Crippen molar-refractivity contribution in [1.29, 1.82) is 0 Å². The summed E-state index contributed by atoms with van der Waals surface area (Å²) in [5.41, 5.74) is 0.415. The zero-order valence-corrected chi connectivity index (χ0v) is 9.38. The molecule has 84 valence electrons. The summed E-state index contributed by atoms with van der Waals surface area (Å²) in [5, 5.41) is 14.6. The van der Waals surface area contributed by atoms with Crippen molar-refractivity contribution in [2.45, 2.75) is 6.10 Å². The van der Waals surface area contributed by atoms with Crippen LogP contribution in [0.15, 0.2) is 41.8 Å². The van der Waals surface area contributed by atoms with Crippen molar-refractivity contribution in [3.05, 3.63) is 52.5 Å². The molecule has 2 rings (SSSR count). The van der Waals surface area contributed by atoms with Gasteiger partial charge in [0, 0.05) is 11.4 Å². The minimum Gasteiger partial charge on any atom is -0.386 e. The predicted octanol–water partition coefficient (Wildman–Crippen LogP) is 3.03. The molecule has 0 spiro atoms. The second-order valence-corrected chi connectivity index (χ2v) is 4.37. The number of para-hydroxylation sites is 1. The lowest BCUT2D eigenvalue weighted by molar-refractivity contribution is 0.195. The van der Waals surface area contributed by atoms with Gasteiger partial charge in [-0.2, -0.15) is 0 Å². The molecule has 0 aliphatic heterocycles. The van der Waals surface area contributed by atoms with Crippen LogP contribution in [0.4, 0.5) is 10.1 Å². The predicted molar refractivity (Wildman–Crippen MR) is 64.2 cm³/mol. The molecule has 0 fully saturated rings. The second-order valence-electron chi connectivity index (χ2n) is 3.39. The molecular formula is C12H12FNOS. The Morgan fingerprint density at radius 2 is 2.06 bits per heavy atom. The summed E-state index contributed by atoms with van der Waals surface area (Å²) in [6.07, 6.45) is -0.598. The van der Waals surface area contributed by atoms with E-state index < -0.39 is 6.10 Å². The summed E-state index contributed by atoms with van der Waals surface area (Å²) in [5.74, 6) is -0.305. The van der Waals surface area contributed by atoms with Gasteiger partial charge in [0.1, 0.15) is 11.9 Å². The zero-order chi connectivity index (χ0) is 11.4.